The van der Waals surface area contributed by atoms with Crippen LogP contribution in [-0.4, -0.2) is 33.5 Å². The Morgan fingerprint density at radius 2 is 1.86 bits per heavy atom. The van der Waals surface area contributed by atoms with E-state index in [1.807, 2.05) is 13.8 Å². The van der Waals surface area contributed by atoms with Crippen molar-refractivity contribution in [2.24, 2.45) is 5.92 Å². The first-order valence-electron chi connectivity index (χ1n) is 4.46. The van der Waals surface area contributed by atoms with Gasteiger partial charge in [-0.3, -0.25) is 0 Å². The van der Waals surface area contributed by atoms with Gasteiger partial charge in [-0.05, 0) is 17.6 Å². The zero-order valence-corrected chi connectivity index (χ0v) is 8.14. The van der Waals surface area contributed by atoms with Gasteiger partial charge >= 0.3 is 5.97 Å². The molecule has 2 atom stereocenters. The fourth-order valence-electron chi connectivity index (χ4n) is 1.47. The molecule has 0 bridgehead atoms. The van der Waals surface area contributed by atoms with Gasteiger partial charge in [0.05, 0.1) is 5.57 Å². The maximum absolute atomic E-state index is 10.6. The van der Waals surface area contributed by atoms with Crippen LogP contribution in [0.15, 0.2) is 23.3 Å². The van der Waals surface area contributed by atoms with E-state index in [0.717, 1.165) is 0 Å². The Morgan fingerprint density at radius 1 is 1.29 bits per heavy atom. The molecule has 0 aromatic rings. The number of carboxylic acids is 1. The Hall–Kier alpha value is -1.13. The van der Waals surface area contributed by atoms with Crippen molar-refractivity contribution in [3.8, 4) is 0 Å². The molecule has 0 heterocycles. The Bertz CT molecular complexity index is 301. The molecule has 14 heavy (non-hydrogen) atoms. The molecule has 0 aromatic heterocycles. The Kier molecular flexibility index (Phi) is 3.08. The molecule has 4 heteroatoms. The van der Waals surface area contributed by atoms with Crippen LogP contribution in [-0.2, 0) is 4.79 Å². The highest BCUT2D eigenvalue weighted by Crippen LogP contribution is 2.25. The number of rotatable bonds is 2. The summed E-state index contributed by atoms with van der Waals surface area (Å²) in [6.07, 6.45) is 0.474. The standard InChI is InChI=1S/C10H14O4/c1-5(2)6-3-4-7(10(13)14)9(12)8(6)11/h3-5,8-9,11-12H,1-2H3,(H,13,14). The van der Waals surface area contributed by atoms with Crippen molar-refractivity contribution < 1.29 is 20.1 Å². The number of allylic oxidation sites excluding steroid dienone is 2. The van der Waals surface area contributed by atoms with Crippen LogP contribution in [0.5, 0.6) is 0 Å². The van der Waals surface area contributed by atoms with Crippen LogP contribution < -0.4 is 0 Å². The minimum absolute atomic E-state index is 0.0891. The van der Waals surface area contributed by atoms with E-state index in [2.05, 4.69) is 0 Å². The highest BCUT2D eigenvalue weighted by atomic mass is 16.4. The molecule has 0 amide bonds. The van der Waals surface area contributed by atoms with Crippen LogP contribution in [0.2, 0.25) is 0 Å². The molecule has 1 aliphatic carbocycles. The summed E-state index contributed by atoms with van der Waals surface area (Å²) in [5.74, 6) is -1.11. The van der Waals surface area contributed by atoms with Crippen LogP contribution in [0.1, 0.15) is 13.8 Å². The first-order chi connectivity index (χ1) is 6.45. The maximum Gasteiger partial charge on any atom is 0.334 e. The molecule has 0 fully saturated rings. The molecule has 2 unspecified atom stereocenters. The van der Waals surface area contributed by atoms with E-state index in [9.17, 15) is 15.0 Å². The van der Waals surface area contributed by atoms with Crippen molar-refractivity contribution in [1.29, 1.82) is 0 Å². The molecule has 0 saturated carbocycles. The van der Waals surface area contributed by atoms with Gasteiger partial charge in [0, 0.05) is 0 Å². The fourth-order valence-corrected chi connectivity index (χ4v) is 1.47. The molecule has 1 aliphatic rings. The molecular formula is C10H14O4. The normalized spacial score (nSPS) is 27.2. The van der Waals surface area contributed by atoms with Crippen molar-refractivity contribution in [2.45, 2.75) is 26.1 Å². The average Bonchev–Trinajstić information content (AvgIpc) is 2.08. The number of aliphatic hydroxyl groups excluding tert-OH is 2. The first-order valence-corrected chi connectivity index (χ1v) is 4.46. The lowest BCUT2D eigenvalue weighted by Gasteiger charge is -2.26. The van der Waals surface area contributed by atoms with E-state index in [1.165, 1.54) is 6.08 Å². The first kappa shape index (κ1) is 10.9. The molecule has 0 saturated heterocycles. The smallest absolute Gasteiger partial charge is 0.334 e. The summed E-state index contributed by atoms with van der Waals surface area (Å²) in [5, 5.41) is 27.8. The number of aliphatic hydroxyl groups is 2. The number of aliphatic carboxylic acids is 1. The molecule has 3 N–H and O–H groups in total. The Balaban J connectivity index is 3.02. The molecule has 78 valence electrons. The summed E-state index contributed by atoms with van der Waals surface area (Å²) in [4.78, 5) is 10.6. The van der Waals surface area contributed by atoms with Crippen molar-refractivity contribution >= 4 is 5.97 Å². The van der Waals surface area contributed by atoms with E-state index in [1.54, 1.807) is 6.08 Å². The van der Waals surface area contributed by atoms with Crippen LogP contribution in [0.25, 0.3) is 0 Å². The summed E-state index contributed by atoms with van der Waals surface area (Å²) in [5.41, 5.74) is 0.490. The Labute approximate surface area is 82.2 Å². The zero-order chi connectivity index (χ0) is 10.9. The molecule has 0 radical (unpaired) electrons. The van der Waals surface area contributed by atoms with E-state index in [4.69, 9.17) is 5.11 Å². The third-order valence-corrected chi connectivity index (χ3v) is 2.33. The monoisotopic (exact) mass is 198 g/mol. The van der Waals surface area contributed by atoms with Crippen LogP contribution in [0.4, 0.5) is 0 Å². The lowest BCUT2D eigenvalue weighted by molar-refractivity contribution is -0.134. The maximum atomic E-state index is 10.6. The molecule has 0 aliphatic heterocycles. The highest BCUT2D eigenvalue weighted by molar-refractivity contribution is 5.88. The molecular weight excluding hydrogens is 184 g/mol. The average molecular weight is 198 g/mol. The lowest BCUT2D eigenvalue weighted by atomic mass is 9.86. The van der Waals surface area contributed by atoms with E-state index >= 15 is 0 Å². The quantitative estimate of drug-likeness (QED) is 0.597. The van der Waals surface area contributed by atoms with Gasteiger partial charge in [0.1, 0.15) is 12.2 Å². The van der Waals surface area contributed by atoms with Crippen LogP contribution >= 0.6 is 0 Å². The van der Waals surface area contributed by atoms with Crippen molar-refractivity contribution in [2.75, 3.05) is 0 Å². The van der Waals surface area contributed by atoms with Crippen molar-refractivity contribution in [1.82, 2.24) is 0 Å². The van der Waals surface area contributed by atoms with E-state index in [-0.39, 0.29) is 11.5 Å². The lowest BCUT2D eigenvalue weighted by Crippen LogP contribution is -2.36. The predicted octanol–water partition coefficient (Wildman–Crippen LogP) is 0.315. The summed E-state index contributed by atoms with van der Waals surface area (Å²) in [7, 11) is 0. The third kappa shape index (κ3) is 1.86. The largest absolute Gasteiger partial charge is 0.478 e. The highest BCUT2D eigenvalue weighted by Gasteiger charge is 2.31. The van der Waals surface area contributed by atoms with Gasteiger partial charge < -0.3 is 15.3 Å². The summed E-state index contributed by atoms with van der Waals surface area (Å²) >= 11 is 0. The fraction of sp³-hybridized carbons (Fsp3) is 0.500. The number of hydrogen-bond donors (Lipinski definition) is 3. The molecule has 1 rings (SSSR count). The predicted molar refractivity (Wildman–Crippen MR) is 50.7 cm³/mol. The van der Waals surface area contributed by atoms with Gasteiger partial charge in [-0.25, -0.2) is 4.79 Å². The second kappa shape index (κ2) is 3.94. The zero-order valence-electron chi connectivity index (χ0n) is 8.14. The third-order valence-electron chi connectivity index (χ3n) is 2.33. The van der Waals surface area contributed by atoms with Gasteiger partial charge in [0.25, 0.3) is 0 Å². The summed E-state index contributed by atoms with van der Waals surface area (Å²) in [6, 6.07) is 0. The van der Waals surface area contributed by atoms with E-state index < -0.39 is 18.2 Å². The second-order valence-corrected chi connectivity index (χ2v) is 3.64. The SMILES string of the molecule is CC(C)C1=CC=C(C(=O)O)C(O)C1O. The van der Waals surface area contributed by atoms with Crippen molar-refractivity contribution in [3.05, 3.63) is 23.3 Å². The Morgan fingerprint density at radius 3 is 2.29 bits per heavy atom. The number of carbonyl (C=O) groups is 1. The van der Waals surface area contributed by atoms with Crippen LogP contribution in [0, 0.1) is 5.92 Å². The summed E-state index contributed by atoms with van der Waals surface area (Å²) < 4.78 is 0. The van der Waals surface area contributed by atoms with Crippen molar-refractivity contribution in [3.63, 3.8) is 0 Å². The minimum Gasteiger partial charge on any atom is -0.478 e. The van der Waals surface area contributed by atoms with E-state index in [0.29, 0.717) is 5.57 Å². The second-order valence-electron chi connectivity index (χ2n) is 3.64. The molecule has 0 aromatic carbocycles. The summed E-state index contributed by atoms with van der Waals surface area (Å²) in [6.45, 7) is 3.75. The molecule has 0 spiro atoms. The topological polar surface area (TPSA) is 77.8 Å². The van der Waals surface area contributed by atoms with Crippen LogP contribution in [0.3, 0.4) is 0 Å². The van der Waals surface area contributed by atoms with Gasteiger partial charge in [-0.15, -0.1) is 0 Å². The van der Waals surface area contributed by atoms with Gasteiger partial charge in [-0.2, -0.15) is 0 Å². The van der Waals surface area contributed by atoms with Gasteiger partial charge in [0.15, 0.2) is 0 Å². The number of hydrogen-bond acceptors (Lipinski definition) is 3. The minimum atomic E-state index is -1.32. The van der Waals surface area contributed by atoms with Gasteiger partial charge in [0.2, 0.25) is 0 Å². The number of carboxylic acid groups (broad SMARTS) is 1. The van der Waals surface area contributed by atoms with Gasteiger partial charge in [-0.1, -0.05) is 19.9 Å². The molecule has 4 nitrogen and oxygen atoms in total.